The number of benzene rings is 1. The Balaban J connectivity index is 2.91. The molecule has 0 radical (unpaired) electrons. The van der Waals surface area contributed by atoms with Crippen molar-refractivity contribution in [1.29, 1.82) is 0 Å². The largest absolute Gasteiger partial charge is 0.479 e. The maximum atomic E-state index is 13.8. The molecule has 0 atom stereocenters. The van der Waals surface area contributed by atoms with Crippen LogP contribution in [0.3, 0.4) is 0 Å². The standard InChI is InChI=1S/C10HCl2F7O2/c11-8(12,7(20)21)3-4(13)1-2(5(14)6(3)15)10(18,19)9(1,16)17/h(H,20,21). The van der Waals surface area contributed by atoms with Gasteiger partial charge >= 0.3 is 17.8 Å². The molecule has 0 aliphatic heterocycles. The molecule has 0 amide bonds. The minimum atomic E-state index is -5.15. The van der Waals surface area contributed by atoms with Gasteiger partial charge in [-0.05, 0) is 0 Å². The SMILES string of the molecule is O=C(O)C(Cl)(Cl)c1c(F)c(F)c2c(c1F)C(F)(F)C2(F)F. The van der Waals surface area contributed by atoms with Crippen molar-refractivity contribution < 1.29 is 40.6 Å². The van der Waals surface area contributed by atoms with Gasteiger partial charge in [0, 0.05) is 0 Å². The molecule has 2 nitrogen and oxygen atoms in total. The maximum Gasteiger partial charge on any atom is 0.345 e. The van der Waals surface area contributed by atoms with Gasteiger partial charge in [-0.15, -0.1) is 0 Å². The van der Waals surface area contributed by atoms with Crippen molar-refractivity contribution in [2.75, 3.05) is 0 Å². The van der Waals surface area contributed by atoms with Gasteiger partial charge in [-0.3, -0.25) is 0 Å². The third-order valence-electron chi connectivity index (χ3n) is 2.93. The van der Waals surface area contributed by atoms with Crippen LogP contribution < -0.4 is 0 Å². The van der Waals surface area contributed by atoms with Crippen LogP contribution in [0.25, 0.3) is 0 Å². The molecule has 1 aromatic carbocycles. The summed E-state index contributed by atoms with van der Waals surface area (Å²) in [5.41, 5.74) is -6.36. The molecular weight excluding hydrogens is 356 g/mol. The molecular formula is C10HCl2F7O2. The molecule has 0 unspecified atom stereocenters. The van der Waals surface area contributed by atoms with Gasteiger partial charge in [-0.25, -0.2) is 18.0 Å². The molecule has 0 fully saturated rings. The number of halogens is 9. The van der Waals surface area contributed by atoms with Crippen molar-refractivity contribution >= 4 is 29.2 Å². The predicted molar refractivity (Wildman–Crippen MR) is 55.1 cm³/mol. The van der Waals surface area contributed by atoms with Crippen LogP contribution in [0.1, 0.15) is 16.7 Å². The number of carboxylic acid groups (broad SMARTS) is 1. The lowest BCUT2D eigenvalue weighted by molar-refractivity contribution is -0.258. The monoisotopic (exact) mass is 356 g/mol. The van der Waals surface area contributed by atoms with Crippen LogP contribution in [0.15, 0.2) is 0 Å². The predicted octanol–water partition coefficient (Wildman–Crippen LogP) is 4.02. The van der Waals surface area contributed by atoms with Gasteiger partial charge < -0.3 is 5.11 Å². The van der Waals surface area contributed by atoms with Gasteiger partial charge in [0.2, 0.25) is 4.33 Å². The summed E-state index contributed by atoms with van der Waals surface area (Å²) in [7, 11) is 0. The fourth-order valence-electron chi connectivity index (χ4n) is 1.88. The van der Waals surface area contributed by atoms with E-state index in [2.05, 4.69) is 0 Å². The highest BCUT2D eigenvalue weighted by Gasteiger charge is 2.73. The molecule has 0 spiro atoms. The molecule has 0 aromatic heterocycles. The molecule has 21 heavy (non-hydrogen) atoms. The van der Waals surface area contributed by atoms with Crippen LogP contribution in [0, 0.1) is 17.5 Å². The average Bonchev–Trinajstić information content (AvgIpc) is 2.32. The summed E-state index contributed by atoms with van der Waals surface area (Å²) in [6.45, 7) is 0. The first-order chi connectivity index (χ1) is 9.29. The van der Waals surface area contributed by atoms with E-state index in [0.717, 1.165) is 0 Å². The molecule has 1 N–H and O–H groups in total. The number of carboxylic acids is 1. The molecule has 0 heterocycles. The number of carbonyl (C=O) groups is 1. The Bertz CT molecular complexity index is 672. The van der Waals surface area contributed by atoms with Crippen molar-refractivity contribution in [1.82, 2.24) is 0 Å². The van der Waals surface area contributed by atoms with E-state index in [1.54, 1.807) is 0 Å². The molecule has 0 saturated carbocycles. The minimum absolute atomic E-state index is 2.00. The summed E-state index contributed by atoms with van der Waals surface area (Å²) < 4.78 is 89.6. The van der Waals surface area contributed by atoms with E-state index < -0.39 is 56.3 Å². The van der Waals surface area contributed by atoms with Crippen molar-refractivity contribution in [3.63, 3.8) is 0 Å². The van der Waals surface area contributed by atoms with Crippen molar-refractivity contribution in [2.24, 2.45) is 0 Å². The zero-order chi connectivity index (χ0) is 16.5. The topological polar surface area (TPSA) is 37.3 Å². The summed E-state index contributed by atoms with van der Waals surface area (Å²) in [5, 5.41) is 8.59. The van der Waals surface area contributed by atoms with Crippen LogP contribution in [0.2, 0.25) is 0 Å². The van der Waals surface area contributed by atoms with Crippen LogP contribution in [-0.4, -0.2) is 11.1 Å². The fourth-order valence-corrected chi connectivity index (χ4v) is 2.22. The third-order valence-corrected chi connectivity index (χ3v) is 3.63. The highest BCUT2D eigenvalue weighted by molar-refractivity contribution is 6.56. The van der Waals surface area contributed by atoms with E-state index in [1.807, 2.05) is 0 Å². The van der Waals surface area contributed by atoms with Gasteiger partial charge in [0.05, 0.1) is 16.7 Å². The number of alkyl halides is 6. The quantitative estimate of drug-likeness (QED) is 0.493. The zero-order valence-corrected chi connectivity index (χ0v) is 10.8. The van der Waals surface area contributed by atoms with Crippen LogP contribution in [-0.2, 0) is 21.0 Å². The van der Waals surface area contributed by atoms with Gasteiger partial charge in [0.1, 0.15) is 5.82 Å². The second kappa shape index (κ2) is 4.16. The lowest BCUT2D eigenvalue weighted by Crippen LogP contribution is -2.50. The Morgan fingerprint density at radius 1 is 0.905 bits per heavy atom. The normalized spacial score (nSPS) is 18.9. The van der Waals surface area contributed by atoms with Gasteiger partial charge in [0.15, 0.2) is 11.6 Å². The van der Waals surface area contributed by atoms with Gasteiger partial charge in [0.25, 0.3) is 0 Å². The molecule has 2 rings (SSSR count). The van der Waals surface area contributed by atoms with E-state index in [1.165, 1.54) is 0 Å². The Morgan fingerprint density at radius 2 is 1.29 bits per heavy atom. The summed E-state index contributed by atoms with van der Waals surface area (Å²) in [4.78, 5) is 10.7. The lowest BCUT2D eigenvalue weighted by atomic mass is 9.77. The van der Waals surface area contributed by atoms with Gasteiger partial charge in [-0.2, -0.15) is 17.6 Å². The first kappa shape index (κ1) is 16.2. The molecule has 1 aliphatic carbocycles. The first-order valence-electron chi connectivity index (χ1n) is 4.88. The zero-order valence-electron chi connectivity index (χ0n) is 9.26. The molecule has 0 saturated heterocycles. The number of hydrogen-bond acceptors (Lipinski definition) is 1. The Kier molecular flexibility index (Phi) is 3.20. The fraction of sp³-hybridized carbons (Fsp3) is 0.300. The second-order valence-corrected chi connectivity index (χ2v) is 5.42. The van der Waals surface area contributed by atoms with Gasteiger partial charge in [-0.1, -0.05) is 23.2 Å². The van der Waals surface area contributed by atoms with Crippen LogP contribution >= 0.6 is 23.2 Å². The smallest absolute Gasteiger partial charge is 0.345 e. The maximum absolute atomic E-state index is 13.8. The van der Waals surface area contributed by atoms with Crippen molar-refractivity contribution in [2.45, 2.75) is 16.2 Å². The van der Waals surface area contributed by atoms with E-state index >= 15 is 0 Å². The molecule has 1 aliphatic rings. The summed E-state index contributed by atoms with van der Waals surface area (Å²) in [5.74, 6) is -20.1. The lowest BCUT2D eigenvalue weighted by Gasteiger charge is -2.39. The first-order valence-corrected chi connectivity index (χ1v) is 5.63. The Morgan fingerprint density at radius 3 is 1.67 bits per heavy atom. The molecule has 116 valence electrons. The summed E-state index contributed by atoms with van der Waals surface area (Å²) in [6.07, 6.45) is 0. The molecule has 1 aromatic rings. The van der Waals surface area contributed by atoms with E-state index in [-0.39, 0.29) is 0 Å². The number of rotatable bonds is 2. The van der Waals surface area contributed by atoms with Crippen LogP contribution in [0.4, 0.5) is 30.7 Å². The Hall–Kier alpha value is -1.22. The van der Waals surface area contributed by atoms with E-state index in [9.17, 15) is 35.5 Å². The third kappa shape index (κ3) is 1.70. The molecule has 11 heteroatoms. The summed E-state index contributed by atoms with van der Waals surface area (Å²) >= 11 is 10.2. The van der Waals surface area contributed by atoms with Crippen molar-refractivity contribution in [3.05, 3.63) is 34.1 Å². The van der Waals surface area contributed by atoms with Crippen molar-refractivity contribution in [3.8, 4) is 0 Å². The second-order valence-electron chi connectivity index (χ2n) is 4.10. The average molecular weight is 357 g/mol. The highest BCUT2D eigenvalue weighted by Crippen LogP contribution is 2.63. The number of aliphatic carboxylic acids is 1. The highest BCUT2D eigenvalue weighted by atomic mass is 35.5. The summed E-state index contributed by atoms with van der Waals surface area (Å²) in [6, 6.07) is 0. The Labute approximate surface area is 121 Å². The number of hydrogen-bond donors (Lipinski definition) is 1. The van der Waals surface area contributed by atoms with E-state index in [4.69, 9.17) is 28.3 Å². The van der Waals surface area contributed by atoms with E-state index in [0.29, 0.717) is 0 Å². The molecule has 0 bridgehead atoms. The number of fused-ring (bicyclic) bond motifs is 1. The van der Waals surface area contributed by atoms with Crippen LogP contribution in [0.5, 0.6) is 0 Å². The minimum Gasteiger partial charge on any atom is -0.479 e.